The molecule has 1 aromatic heterocycles. The maximum absolute atomic E-state index is 13.8. The second-order valence-electron chi connectivity index (χ2n) is 9.17. The lowest BCUT2D eigenvalue weighted by molar-refractivity contribution is -0.133. The van der Waals surface area contributed by atoms with Gasteiger partial charge in [-0.1, -0.05) is 48.3 Å². The molecule has 2 amide bonds. The minimum absolute atomic E-state index is 0.0185. The Bertz CT molecular complexity index is 1230. The van der Waals surface area contributed by atoms with Crippen LogP contribution in [0.4, 0.5) is 0 Å². The van der Waals surface area contributed by atoms with Crippen molar-refractivity contribution in [2.75, 3.05) is 19.9 Å². The normalized spacial score (nSPS) is 12.9. The molecule has 2 aromatic carbocycles. The first-order valence-electron chi connectivity index (χ1n) is 12.1. The highest BCUT2D eigenvalue weighted by Gasteiger charge is 2.25. The summed E-state index contributed by atoms with van der Waals surface area (Å²) in [5.74, 6) is 1.45. The van der Waals surface area contributed by atoms with Crippen LogP contribution in [0.2, 0.25) is 0 Å². The summed E-state index contributed by atoms with van der Waals surface area (Å²) in [7, 11) is 0. The molecule has 2 heterocycles. The second kappa shape index (κ2) is 11.9. The molecule has 0 N–H and O–H groups in total. The number of halogens is 1. The number of carbonyl (C=O) groups is 2. The van der Waals surface area contributed by atoms with Crippen molar-refractivity contribution in [3.05, 3.63) is 80.0 Å². The topological polar surface area (TPSA) is 59.1 Å². The quantitative estimate of drug-likeness (QED) is 0.288. The van der Waals surface area contributed by atoms with Crippen LogP contribution >= 0.6 is 27.3 Å². The van der Waals surface area contributed by atoms with Crippen molar-refractivity contribution < 1.29 is 19.1 Å². The van der Waals surface area contributed by atoms with E-state index in [9.17, 15) is 9.59 Å². The molecule has 0 spiro atoms. The third kappa shape index (κ3) is 6.48. The molecule has 1 atom stereocenters. The lowest BCUT2D eigenvalue weighted by Gasteiger charge is -2.29. The van der Waals surface area contributed by atoms with E-state index in [1.54, 1.807) is 28.4 Å². The lowest BCUT2D eigenvalue weighted by Crippen LogP contribution is -2.44. The van der Waals surface area contributed by atoms with Crippen LogP contribution in [0.3, 0.4) is 0 Å². The molecule has 4 rings (SSSR count). The van der Waals surface area contributed by atoms with Crippen LogP contribution < -0.4 is 9.47 Å². The van der Waals surface area contributed by atoms with Crippen LogP contribution in [0.25, 0.3) is 0 Å². The van der Waals surface area contributed by atoms with E-state index in [0.717, 1.165) is 26.9 Å². The summed E-state index contributed by atoms with van der Waals surface area (Å²) >= 11 is 5.09. The number of hydrogen-bond donors (Lipinski definition) is 0. The van der Waals surface area contributed by atoms with Crippen LogP contribution in [0.1, 0.15) is 46.6 Å². The molecule has 0 saturated carbocycles. The predicted octanol–water partition coefficient (Wildman–Crippen LogP) is 6.27. The van der Waals surface area contributed by atoms with Gasteiger partial charge < -0.3 is 19.3 Å². The van der Waals surface area contributed by atoms with Gasteiger partial charge in [-0.2, -0.15) is 0 Å². The number of fused-ring (bicyclic) bond motifs is 1. The monoisotopic (exact) mass is 570 g/mol. The smallest absolute Gasteiger partial charge is 0.254 e. The fourth-order valence-electron chi connectivity index (χ4n) is 4.02. The van der Waals surface area contributed by atoms with Crippen LogP contribution in [0.5, 0.6) is 11.5 Å². The Morgan fingerprint density at radius 1 is 1.06 bits per heavy atom. The van der Waals surface area contributed by atoms with Gasteiger partial charge in [-0.25, -0.2) is 0 Å². The molecule has 3 aromatic rings. The molecular formula is C28H31BrN2O4S. The van der Waals surface area contributed by atoms with Gasteiger partial charge in [0.2, 0.25) is 12.7 Å². The van der Waals surface area contributed by atoms with Crippen LogP contribution in [0.15, 0.2) is 58.4 Å². The zero-order valence-corrected chi connectivity index (χ0v) is 23.2. The highest BCUT2D eigenvalue weighted by molar-refractivity contribution is 9.10. The lowest BCUT2D eigenvalue weighted by atomic mass is 10.1. The standard InChI is InChI=1S/C28H31BrN2O4S/c1-4-19(2)14-31(28(33)22-6-5-7-23(29)13-22)17-27(32)30(16-26-20(3)10-11-36-26)15-21-8-9-24-25(12-21)35-18-34-24/h5-13,19H,4,14-18H2,1-3H3/t19-/m0/s1. The number of thiophene rings is 1. The van der Waals surface area contributed by atoms with E-state index in [2.05, 4.69) is 42.8 Å². The summed E-state index contributed by atoms with van der Waals surface area (Å²) in [6, 6.07) is 15.1. The van der Waals surface area contributed by atoms with E-state index in [1.165, 1.54) is 0 Å². The molecule has 0 fully saturated rings. The van der Waals surface area contributed by atoms with Crippen LogP contribution in [0, 0.1) is 12.8 Å². The molecule has 190 valence electrons. The number of hydrogen-bond acceptors (Lipinski definition) is 5. The molecule has 0 bridgehead atoms. The third-order valence-electron chi connectivity index (χ3n) is 6.38. The van der Waals surface area contributed by atoms with Gasteiger partial charge >= 0.3 is 0 Å². The largest absolute Gasteiger partial charge is 0.454 e. The Kier molecular flexibility index (Phi) is 8.69. The van der Waals surface area contributed by atoms with Gasteiger partial charge in [0, 0.05) is 28.0 Å². The van der Waals surface area contributed by atoms with Gasteiger partial charge in [0.1, 0.15) is 6.54 Å². The molecule has 0 radical (unpaired) electrons. The number of ether oxygens (including phenoxy) is 2. The molecule has 0 aliphatic carbocycles. The Labute approximate surface area is 224 Å². The van der Waals surface area contributed by atoms with E-state index in [0.29, 0.717) is 36.7 Å². The number of carbonyl (C=O) groups excluding carboxylic acids is 2. The van der Waals surface area contributed by atoms with E-state index in [4.69, 9.17) is 9.47 Å². The van der Waals surface area contributed by atoms with E-state index < -0.39 is 0 Å². The van der Waals surface area contributed by atoms with Gasteiger partial charge in [-0.3, -0.25) is 9.59 Å². The number of amides is 2. The fraction of sp³-hybridized carbons (Fsp3) is 0.357. The third-order valence-corrected chi connectivity index (χ3v) is 7.88. The summed E-state index contributed by atoms with van der Waals surface area (Å²) in [6.45, 7) is 7.90. The average Bonchev–Trinajstić information content (AvgIpc) is 3.50. The van der Waals surface area contributed by atoms with Gasteiger partial charge in [0.25, 0.3) is 5.91 Å². The first-order chi connectivity index (χ1) is 17.3. The van der Waals surface area contributed by atoms with Crippen molar-refractivity contribution in [3.63, 3.8) is 0 Å². The maximum atomic E-state index is 13.8. The van der Waals surface area contributed by atoms with Crippen LogP contribution in [-0.2, 0) is 17.9 Å². The fourth-order valence-corrected chi connectivity index (χ4v) is 5.34. The van der Waals surface area contributed by atoms with Gasteiger partial charge in [-0.15, -0.1) is 11.3 Å². The second-order valence-corrected chi connectivity index (χ2v) is 11.1. The number of rotatable bonds is 10. The Hall–Kier alpha value is -2.84. The highest BCUT2D eigenvalue weighted by Crippen LogP contribution is 2.33. The van der Waals surface area contributed by atoms with Crippen molar-refractivity contribution in [1.82, 2.24) is 9.80 Å². The average molecular weight is 572 g/mol. The number of nitrogens with zero attached hydrogens (tertiary/aromatic N) is 2. The van der Waals surface area contributed by atoms with Gasteiger partial charge in [0.05, 0.1) is 6.54 Å². The van der Waals surface area contributed by atoms with Crippen molar-refractivity contribution in [2.45, 2.75) is 40.3 Å². The zero-order valence-electron chi connectivity index (χ0n) is 20.8. The minimum Gasteiger partial charge on any atom is -0.454 e. The summed E-state index contributed by atoms with van der Waals surface area (Å²) in [6.07, 6.45) is 0.922. The number of aryl methyl sites for hydroxylation is 1. The Balaban J connectivity index is 1.58. The van der Waals surface area contributed by atoms with E-state index in [1.807, 2.05) is 40.6 Å². The molecule has 1 aliphatic heterocycles. The molecule has 6 nitrogen and oxygen atoms in total. The predicted molar refractivity (Wildman–Crippen MR) is 145 cm³/mol. The van der Waals surface area contributed by atoms with E-state index in [-0.39, 0.29) is 31.1 Å². The van der Waals surface area contributed by atoms with Crippen LogP contribution in [-0.4, -0.2) is 41.5 Å². The molecule has 0 saturated heterocycles. The summed E-state index contributed by atoms with van der Waals surface area (Å²) < 4.78 is 11.8. The van der Waals surface area contributed by atoms with Crippen molar-refractivity contribution in [2.24, 2.45) is 5.92 Å². The van der Waals surface area contributed by atoms with Crippen molar-refractivity contribution in [1.29, 1.82) is 0 Å². The molecule has 0 unspecified atom stereocenters. The zero-order chi connectivity index (χ0) is 25.7. The summed E-state index contributed by atoms with van der Waals surface area (Å²) in [4.78, 5) is 31.9. The van der Waals surface area contributed by atoms with E-state index >= 15 is 0 Å². The first kappa shape index (κ1) is 26.2. The number of benzene rings is 2. The molecule has 1 aliphatic rings. The van der Waals surface area contributed by atoms with Crippen molar-refractivity contribution in [3.8, 4) is 11.5 Å². The first-order valence-corrected chi connectivity index (χ1v) is 13.8. The molecule has 8 heteroatoms. The minimum atomic E-state index is -0.139. The summed E-state index contributed by atoms with van der Waals surface area (Å²) in [5, 5.41) is 2.04. The highest BCUT2D eigenvalue weighted by atomic mass is 79.9. The summed E-state index contributed by atoms with van der Waals surface area (Å²) in [5.41, 5.74) is 2.68. The molecule has 36 heavy (non-hydrogen) atoms. The maximum Gasteiger partial charge on any atom is 0.254 e. The SMILES string of the molecule is CC[C@H](C)CN(CC(=O)N(Cc1ccc2c(c1)OCO2)Cc1sccc1C)C(=O)c1cccc(Br)c1. The Morgan fingerprint density at radius 3 is 2.58 bits per heavy atom. The van der Waals surface area contributed by atoms with Crippen molar-refractivity contribution >= 4 is 39.1 Å². The Morgan fingerprint density at radius 2 is 1.86 bits per heavy atom. The van der Waals surface area contributed by atoms with Gasteiger partial charge in [0.15, 0.2) is 11.5 Å². The molecular weight excluding hydrogens is 540 g/mol. The van der Waals surface area contributed by atoms with Gasteiger partial charge in [-0.05, 0) is 65.7 Å².